The van der Waals surface area contributed by atoms with Crippen molar-refractivity contribution in [1.29, 1.82) is 0 Å². The Bertz CT molecular complexity index is 1150. The van der Waals surface area contributed by atoms with Gasteiger partial charge in [0.05, 0.1) is 11.1 Å². The number of carbonyl (C=O) groups is 1. The Balaban J connectivity index is 1.87. The van der Waals surface area contributed by atoms with Crippen molar-refractivity contribution in [2.24, 2.45) is 15.8 Å². The second-order valence-corrected chi connectivity index (χ2v) is 5.81. The summed E-state index contributed by atoms with van der Waals surface area (Å²) < 4.78 is 1.26. The van der Waals surface area contributed by atoms with Gasteiger partial charge in [-0.15, -0.1) is 0 Å². The van der Waals surface area contributed by atoms with Crippen LogP contribution in [0.4, 0.5) is 4.79 Å². The molecule has 9 nitrogen and oxygen atoms in total. The number of benzene rings is 2. The van der Waals surface area contributed by atoms with E-state index in [-0.39, 0.29) is 23.9 Å². The van der Waals surface area contributed by atoms with Crippen LogP contribution in [-0.4, -0.2) is 27.6 Å². The van der Waals surface area contributed by atoms with Gasteiger partial charge in [-0.1, -0.05) is 48.5 Å². The van der Waals surface area contributed by atoms with Gasteiger partial charge >= 0.3 is 6.03 Å². The SMILES string of the molecule is NC1=NC(Cn2nc(-c3ccccc3)c3ccccc3c2=O)=NNC(=O)N1. The molecule has 0 saturated heterocycles. The van der Waals surface area contributed by atoms with Crippen molar-refractivity contribution in [3.8, 4) is 11.3 Å². The van der Waals surface area contributed by atoms with Crippen LogP contribution in [-0.2, 0) is 6.54 Å². The summed E-state index contributed by atoms with van der Waals surface area (Å²) in [4.78, 5) is 28.3. The number of nitrogens with zero attached hydrogens (tertiary/aromatic N) is 4. The predicted molar refractivity (Wildman–Crippen MR) is 102 cm³/mol. The molecular formula is C18H15N7O2. The smallest absolute Gasteiger partial charge is 0.341 e. The Morgan fingerprint density at radius 1 is 0.963 bits per heavy atom. The summed E-state index contributed by atoms with van der Waals surface area (Å²) in [6.45, 7) is -0.0494. The van der Waals surface area contributed by atoms with Gasteiger partial charge in [-0.2, -0.15) is 15.2 Å². The molecule has 4 rings (SSSR count). The van der Waals surface area contributed by atoms with E-state index in [1.54, 1.807) is 12.1 Å². The van der Waals surface area contributed by atoms with Crippen molar-refractivity contribution in [2.75, 3.05) is 0 Å². The van der Waals surface area contributed by atoms with Gasteiger partial charge < -0.3 is 5.73 Å². The Morgan fingerprint density at radius 2 is 1.67 bits per heavy atom. The fourth-order valence-electron chi connectivity index (χ4n) is 2.81. The molecule has 3 aromatic rings. The molecule has 0 aliphatic carbocycles. The van der Waals surface area contributed by atoms with Crippen molar-refractivity contribution >= 4 is 28.6 Å². The number of urea groups is 1. The van der Waals surface area contributed by atoms with Crippen molar-refractivity contribution in [3.05, 3.63) is 65.0 Å². The van der Waals surface area contributed by atoms with Gasteiger partial charge in [0.1, 0.15) is 6.54 Å². The molecule has 0 unspecified atom stereocenters. The first-order valence-corrected chi connectivity index (χ1v) is 8.15. The highest BCUT2D eigenvalue weighted by Gasteiger charge is 2.15. The number of guanidine groups is 1. The van der Waals surface area contributed by atoms with E-state index in [1.807, 2.05) is 42.5 Å². The molecular weight excluding hydrogens is 346 g/mol. The number of rotatable bonds is 3. The highest BCUT2D eigenvalue weighted by atomic mass is 16.2. The fraction of sp³-hybridized carbons (Fsp3) is 0.0556. The summed E-state index contributed by atoms with van der Waals surface area (Å²) in [5, 5.41) is 12.0. The number of amides is 2. The number of fused-ring (bicyclic) bond motifs is 1. The van der Waals surface area contributed by atoms with E-state index in [2.05, 4.69) is 25.9 Å². The summed E-state index contributed by atoms with van der Waals surface area (Å²) >= 11 is 0. The zero-order chi connectivity index (χ0) is 18.8. The third-order valence-electron chi connectivity index (χ3n) is 3.98. The van der Waals surface area contributed by atoms with Gasteiger partial charge in [0.25, 0.3) is 5.56 Å². The third kappa shape index (κ3) is 3.25. The van der Waals surface area contributed by atoms with E-state index >= 15 is 0 Å². The van der Waals surface area contributed by atoms with Gasteiger partial charge in [0.2, 0.25) is 5.96 Å². The normalized spacial score (nSPS) is 14.0. The Labute approximate surface area is 153 Å². The number of amidine groups is 1. The molecule has 134 valence electrons. The zero-order valence-corrected chi connectivity index (χ0v) is 14.1. The standard InChI is InChI=1S/C18H15N7O2/c19-17-20-14(22-23-18(27)21-17)10-25-16(26)13-9-5-4-8-12(13)15(24-25)11-6-2-1-3-7-11/h1-9H,10H2,(H4,19,20,21,22,23,27). The minimum atomic E-state index is -0.602. The average molecular weight is 361 g/mol. The van der Waals surface area contributed by atoms with Crippen LogP contribution >= 0.6 is 0 Å². The average Bonchev–Trinajstić information content (AvgIpc) is 2.84. The van der Waals surface area contributed by atoms with Gasteiger partial charge in [0.15, 0.2) is 5.84 Å². The highest BCUT2D eigenvalue weighted by Crippen LogP contribution is 2.24. The maximum absolute atomic E-state index is 12.9. The topological polar surface area (TPSA) is 127 Å². The molecule has 4 N–H and O–H groups in total. The number of carbonyl (C=O) groups excluding carboxylic acids is 1. The van der Waals surface area contributed by atoms with Crippen LogP contribution in [0.1, 0.15) is 0 Å². The van der Waals surface area contributed by atoms with Crippen LogP contribution in [0, 0.1) is 0 Å². The number of nitrogens with one attached hydrogen (secondary N) is 2. The molecule has 2 amide bonds. The Morgan fingerprint density at radius 3 is 2.44 bits per heavy atom. The van der Waals surface area contributed by atoms with E-state index in [9.17, 15) is 9.59 Å². The van der Waals surface area contributed by atoms with Crippen molar-refractivity contribution in [1.82, 2.24) is 20.5 Å². The predicted octanol–water partition coefficient (Wildman–Crippen LogP) is 1.00. The number of hydrogen-bond donors (Lipinski definition) is 3. The first-order chi connectivity index (χ1) is 13.1. The maximum atomic E-state index is 12.9. The maximum Gasteiger partial charge on any atom is 0.341 e. The van der Waals surface area contributed by atoms with Crippen molar-refractivity contribution < 1.29 is 4.79 Å². The third-order valence-corrected chi connectivity index (χ3v) is 3.98. The van der Waals surface area contributed by atoms with Crippen LogP contribution in [0.2, 0.25) is 0 Å². The molecule has 0 radical (unpaired) electrons. The lowest BCUT2D eigenvalue weighted by Gasteiger charge is -2.11. The van der Waals surface area contributed by atoms with Crippen LogP contribution < -0.4 is 22.0 Å². The van der Waals surface area contributed by atoms with E-state index in [4.69, 9.17) is 5.73 Å². The fourth-order valence-corrected chi connectivity index (χ4v) is 2.81. The van der Waals surface area contributed by atoms with Crippen LogP contribution in [0.5, 0.6) is 0 Å². The molecule has 0 saturated carbocycles. The Kier molecular flexibility index (Phi) is 4.09. The molecule has 27 heavy (non-hydrogen) atoms. The minimum absolute atomic E-state index is 0.0494. The van der Waals surface area contributed by atoms with E-state index in [1.165, 1.54) is 4.68 Å². The largest absolute Gasteiger partial charge is 0.369 e. The molecule has 9 heteroatoms. The van der Waals surface area contributed by atoms with E-state index in [0.717, 1.165) is 10.9 Å². The summed E-state index contributed by atoms with van der Waals surface area (Å²) in [6.07, 6.45) is 0. The van der Waals surface area contributed by atoms with Gasteiger partial charge in [-0.25, -0.2) is 14.9 Å². The van der Waals surface area contributed by atoms with Gasteiger partial charge in [-0.3, -0.25) is 10.1 Å². The lowest BCUT2D eigenvalue weighted by Crippen LogP contribution is -2.40. The summed E-state index contributed by atoms with van der Waals surface area (Å²) in [5.41, 5.74) is 9.11. The van der Waals surface area contributed by atoms with Gasteiger partial charge in [0, 0.05) is 10.9 Å². The first-order valence-electron chi connectivity index (χ1n) is 8.15. The zero-order valence-electron chi connectivity index (χ0n) is 14.1. The molecule has 0 bridgehead atoms. The van der Waals surface area contributed by atoms with Crippen LogP contribution in [0.25, 0.3) is 22.0 Å². The van der Waals surface area contributed by atoms with Crippen molar-refractivity contribution in [2.45, 2.75) is 6.54 Å². The summed E-state index contributed by atoms with van der Waals surface area (Å²) in [7, 11) is 0. The van der Waals surface area contributed by atoms with Crippen LogP contribution in [0.3, 0.4) is 0 Å². The molecule has 1 aliphatic heterocycles. The number of hydrazone groups is 1. The Hall–Kier alpha value is -4.01. The molecule has 0 spiro atoms. The number of aromatic nitrogens is 2. The number of hydrogen-bond acceptors (Lipinski definition) is 6. The quantitative estimate of drug-likeness (QED) is 0.643. The molecule has 0 atom stereocenters. The summed E-state index contributed by atoms with van der Waals surface area (Å²) in [5.74, 6) is 0.0376. The minimum Gasteiger partial charge on any atom is -0.369 e. The van der Waals surface area contributed by atoms with E-state index < -0.39 is 6.03 Å². The molecule has 2 heterocycles. The summed E-state index contributed by atoms with van der Waals surface area (Å²) in [6, 6.07) is 16.2. The second-order valence-electron chi connectivity index (χ2n) is 5.81. The molecule has 0 fully saturated rings. The lowest BCUT2D eigenvalue weighted by molar-refractivity contribution is 0.246. The van der Waals surface area contributed by atoms with Crippen LogP contribution in [0.15, 0.2) is 69.5 Å². The highest BCUT2D eigenvalue weighted by molar-refractivity contribution is 6.04. The molecule has 1 aromatic heterocycles. The van der Waals surface area contributed by atoms with Crippen molar-refractivity contribution in [3.63, 3.8) is 0 Å². The molecule has 1 aliphatic rings. The number of nitrogens with two attached hydrogens (primary N) is 1. The van der Waals surface area contributed by atoms with Gasteiger partial charge in [-0.05, 0) is 6.07 Å². The second kappa shape index (κ2) is 6.71. The lowest BCUT2D eigenvalue weighted by atomic mass is 10.1. The first kappa shape index (κ1) is 16.5. The van der Waals surface area contributed by atoms with E-state index in [0.29, 0.717) is 11.1 Å². The number of aliphatic imine (C=N–C) groups is 1. The monoisotopic (exact) mass is 361 g/mol. The molecule has 2 aromatic carbocycles.